The second-order valence-electron chi connectivity index (χ2n) is 9.16. The van der Waals surface area contributed by atoms with E-state index in [1.54, 1.807) is 4.90 Å². The van der Waals surface area contributed by atoms with E-state index in [0.29, 0.717) is 19.5 Å². The molecule has 2 N–H and O–H groups in total. The molecule has 0 bridgehead atoms. The molecule has 2 aromatic rings. The van der Waals surface area contributed by atoms with Gasteiger partial charge in [0, 0.05) is 51.4 Å². The Morgan fingerprint density at radius 3 is 2.14 bits per heavy atom. The summed E-state index contributed by atoms with van der Waals surface area (Å²) >= 11 is 0. The topological polar surface area (TPSA) is 105 Å². The Balaban J connectivity index is 1.30. The number of hydrogen-bond acceptors (Lipinski definition) is 5. The van der Waals surface area contributed by atoms with Crippen molar-refractivity contribution in [1.29, 1.82) is 0 Å². The molecule has 8 heteroatoms. The maximum Gasteiger partial charge on any atom is 0.407 e. The number of likely N-dealkylation sites (tertiary alicyclic amines) is 1. The van der Waals surface area contributed by atoms with E-state index in [0.717, 1.165) is 22.3 Å². The predicted molar refractivity (Wildman–Crippen MR) is 130 cm³/mol. The van der Waals surface area contributed by atoms with Crippen LogP contribution in [0.2, 0.25) is 0 Å². The number of aliphatic carboxylic acids is 1. The van der Waals surface area contributed by atoms with E-state index in [1.165, 1.54) is 7.11 Å². The minimum Gasteiger partial charge on any atom is -0.479 e. The Labute approximate surface area is 205 Å². The number of carboxylic acid groups (broad SMARTS) is 1. The van der Waals surface area contributed by atoms with Crippen molar-refractivity contribution in [2.24, 2.45) is 0 Å². The van der Waals surface area contributed by atoms with Crippen molar-refractivity contribution in [1.82, 2.24) is 10.2 Å². The summed E-state index contributed by atoms with van der Waals surface area (Å²) in [5.74, 6) is -1.15. The van der Waals surface area contributed by atoms with Crippen molar-refractivity contribution in [3.05, 3.63) is 59.7 Å². The highest BCUT2D eigenvalue weighted by atomic mass is 16.5. The number of carboxylic acids is 1. The van der Waals surface area contributed by atoms with Crippen molar-refractivity contribution >= 4 is 18.0 Å². The summed E-state index contributed by atoms with van der Waals surface area (Å²) in [4.78, 5) is 38.6. The zero-order valence-corrected chi connectivity index (χ0v) is 20.2. The first-order valence-corrected chi connectivity index (χ1v) is 12.1. The van der Waals surface area contributed by atoms with Crippen molar-refractivity contribution < 1.29 is 29.0 Å². The number of nitrogens with zero attached hydrogens (tertiary/aromatic N) is 1. The first-order chi connectivity index (χ1) is 16.9. The van der Waals surface area contributed by atoms with Crippen molar-refractivity contribution in [3.63, 3.8) is 0 Å². The molecule has 1 heterocycles. The Morgan fingerprint density at radius 1 is 1.06 bits per heavy atom. The normalized spacial score (nSPS) is 17.3. The Morgan fingerprint density at radius 2 is 1.63 bits per heavy atom. The minimum absolute atomic E-state index is 0.0292. The van der Waals surface area contributed by atoms with Gasteiger partial charge in [0.05, 0.1) is 0 Å². The molecular weight excluding hydrogens is 448 g/mol. The van der Waals surface area contributed by atoms with Gasteiger partial charge in [-0.1, -0.05) is 55.5 Å². The number of rotatable bonds is 8. The lowest BCUT2D eigenvalue weighted by Gasteiger charge is -2.38. The van der Waals surface area contributed by atoms with E-state index in [-0.39, 0.29) is 43.7 Å². The molecule has 1 aliphatic heterocycles. The van der Waals surface area contributed by atoms with E-state index in [2.05, 4.69) is 29.6 Å². The molecule has 0 saturated carbocycles. The van der Waals surface area contributed by atoms with Gasteiger partial charge in [0.25, 0.3) is 0 Å². The average molecular weight is 481 g/mol. The Kier molecular flexibility index (Phi) is 7.40. The van der Waals surface area contributed by atoms with Crippen LogP contribution in [0.25, 0.3) is 11.1 Å². The highest BCUT2D eigenvalue weighted by molar-refractivity contribution is 5.81. The molecule has 1 atom stereocenters. The zero-order valence-electron chi connectivity index (χ0n) is 20.2. The van der Waals surface area contributed by atoms with E-state index >= 15 is 0 Å². The van der Waals surface area contributed by atoms with Crippen LogP contribution >= 0.6 is 0 Å². The van der Waals surface area contributed by atoms with Crippen molar-refractivity contribution in [2.45, 2.75) is 50.2 Å². The molecule has 186 valence electrons. The number of benzene rings is 2. The molecule has 1 saturated heterocycles. The number of piperidine rings is 1. The van der Waals surface area contributed by atoms with Crippen LogP contribution in [0, 0.1) is 0 Å². The molecule has 8 nitrogen and oxygen atoms in total. The molecule has 35 heavy (non-hydrogen) atoms. The number of carbonyl (C=O) groups is 3. The summed E-state index contributed by atoms with van der Waals surface area (Å²) in [5.41, 5.74) is 3.37. The van der Waals surface area contributed by atoms with E-state index < -0.39 is 17.7 Å². The number of ether oxygens (including phenoxy) is 2. The number of hydrogen-bond donors (Lipinski definition) is 2. The predicted octanol–water partition coefficient (Wildman–Crippen LogP) is 3.79. The summed E-state index contributed by atoms with van der Waals surface area (Å²) in [6.07, 6.45) is 0.631. The van der Waals surface area contributed by atoms with Gasteiger partial charge in [-0.25, -0.2) is 9.59 Å². The third kappa shape index (κ3) is 5.03. The van der Waals surface area contributed by atoms with Gasteiger partial charge in [0.15, 0.2) is 5.60 Å². The Hall–Kier alpha value is -3.39. The highest BCUT2D eigenvalue weighted by Crippen LogP contribution is 2.44. The molecule has 1 fully saturated rings. The third-order valence-corrected chi connectivity index (χ3v) is 7.28. The maximum atomic E-state index is 12.8. The Bertz CT molecular complexity index is 1050. The van der Waals surface area contributed by atoms with E-state index in [4.69, 9.17) is 9.47 Å². The van der Waals surface area contributed by atoms with E-state index in [9.17, 15) is 19.5 Å². The monoisotopic (exact) mass is 480 g/mol. The summed E-state index contributed by atoms with van der Waals surface area (Å²) in [7, 11) is 1.39. The first kappa shape index (κ1) is 24.7. The minimum atomic E-state index is -1.24. The van der Waals surface area contributed by atoms with Gasteiger partial charge in [-0.2, -0.15) is 0 Å². The van der Waals surface area contributed by atoms with E-state index in [1.807, 2.05) is 31.2 Å². The van der Waals surface area contributed by atoms with Crippen LogP contribution in [0.4, 0.5) is 4.79 Å². The van der Waals surface area contributed by atoms with Crippen molar-refractivity contribution in [3.8, 4) is 11.1 Å². The summed E-state index contributed by atoms with van der Waals surface area (Å²) in [6.45, 7) is 2.73. The lowest BCUT2D eigenvalue weighted by molar-refractivity contribution is -0.170. The van der Waals surface area contributed by atoms with Gasteiger partial charge in [0.1, 0.15) is 6.61 Å². The molecule has 0 aromatic heterocycles. The lowest BCUT2D eigenvalue weighted by Crippen LogP contribution is -2.52. The van der Waals surface area contributed by atoms with Crippen molar-refractivity contribution in [2.75, 3.05) is 26.8 Å². The molecule has 2 aliphatic rings. The third-order valence-electron chi connectivity index (χ3n) is 7.28. The number of carbonyl (C=O) groups excluding carboxylic acids is 2. The molecule has 0 radical (unpaired) electrons. The standard InChI is InChI=1S/C27H32N2O6/c1-3-18(16-24(30)29-14-12-27(34-2,13-15-29)25(31)32)28-26(33)35-17-23-21-10-6-4-8-19(21)20-9-5-7-11-22(20)23/h4-11,18,23H,3,12-17H2,1-2H3,(H,28,33)(H,31,32)/t18-/m0/s1. The molecule has 0 unspecified atom stereocenters. The van der Waals surface area contributed by atoms with Crippen LogP contribution in [-0.4, -0.2) is 66.4 Å². The molecule has 2 amide bonds. The zero-order chi connectivity index (χ0) is 25.0. The number of methoxy groups -OCH3 is 1. The van der Waals surface area contributed by atoms with Gasteiger partial charge in [0.2, 0.25) is 5.91 Å². The lowest BCUT2D eigenvalue weighted by atomic mass is 9.91. The second kappa shape index (κ2) is 10.5. The number of nitrogens with one attached hydrogen (secondary N) is 1. The second-order valence-corrected chi connectivity index (χ2v) is 9.16. The van der Waals surface area contributed by atoms with Gasteiger partial charge >= 0.3 is 12.1 Å². The molecule has 0 spiro atoms. The average Bonchev–Trinajstić information content (AvgIpc) is 3.20. The fourth-order valence-electron chi connectivity index (χ4n) is 5.07. The van der Waals surface area contributed by atoms with Gasteiger partial charge in [-0.05, 0) is 28.7 Å². The van der Waals surface area contributed by atoms with Crippen LogP contribution in [-0.2, 0) is 19.1 Å². The number of fused-ring (bicyclic) bond motifs is 3. The van der Waals surface area contributed by atoms with Crippen LogP contribution in [0.15, 0.2) is 48.5 Å². The molecule has 2 aromatic carbocycles. The fraction of sp³-hybridized carbons (Fsp3) is 0.444. The fourth-order valence-corrected chi connectivity index (χ4v) is 5.07. The molecular formula is C27H32N2O6. The summed E-state index contributed by atoms with van der Waals surface area (Å²) in [6, 6.07) is 15.9. The molecule has 4 rings (SSSR count). The van der Waals surface area contributed by atoms with Gasteiger partial charge in [-0.15, -0.1) is 0 Å². The van der Waals surface area contributed by atoms with Crippen LogP contribution in [0.3, 0.4) is 0 Å². The summed E-state index contributed by atoms with van der Waals surface area (Å²) < 4.78 is 10.8. The number of amides is 2. The molecule has 1 aliphatic carbocycles. The summed E-state index contributed by atoms with van der Waals surface area (Å²) in [5, 5.41) is 12.3. The quantitative estimate of drug-likeness (QED) is 0.596. The largest absolute Gasteiger partial charge is 0.479 e. The smallest absolute Gasteiger partial charge is 0.407 e. The SMILES string of the molecule is CC[C@@H](CC(=O)N1CCC(OC)(C(=O)O)CC1)NC(=O)OCC1c2ccccc2-c2ccccc21. The van der Waals surface area contributed by atoms with Crippen LogP contribution < -0.4 is 5.32 Å². The maximum absolute atomic E-state index is 12.8. The van der Waals surface area contributed by atoms with Gasteiger partial charge < -0.3 is 24.8 Å². The van der Waals surface area contributed by atoms with Crippen LogP contribution in [0.1, 0.15) is 49.7 Å². The first-order valence-electron chi connectivity index (χ1n) is 12.1. The number of alkyl carbamates (subject to hydrolysis) is 1. The van der Waals surface area contributed by atoms with Crippen LogP contribution in [0.5, 0.6) is 0 Å². The van der Waals surface area contributed by atoms with Gasteiger partial charge in [-0.3, -0.25) is 4.79 Å². The highest BCUT2D eigenvalue weighted by Gasteiger charge is 2.42.